The van der Waals surface area contributed by atoms with Crippen molar-refractivity contribution in [2.45, 2.75) is 6.92 Å². The van der Waals surface area contributed by atoms with Gasteiger partial charge in [0, 0.05) is 15.8 Å². The van der Waals surface area contributed by atoms with E-state index in [-0.39, 0.29) is 0 Å². The van der Waals surface area contributed by atoms with Crippen LogP contribution < -0.4 is 0 Å². The SMILES string of the molecule is CCOC(=O)C#Cc1[nH]nc2cc(Br)ccc12. The zero-order chi connectivity index (χ0) is 12.3. The van der Waals surface area contributed by atoms with Gasteiger partial charge >= 0.3 is 5.97 Å². The first-order valence-corrected chi connectivity index (χ1v) is 5.82. The summed E-state index contributed by atoms with van der Waals surface area (Å²) in [5.74, 6) is 4.58. The number of esters is 1. The number of halogens is 1. The van der Waals surface area contributed by atoms with Crippen LogP contribution in [0.15, 0.2) is 22.7 Å². The van der Waals surface area contributed by atoms with Crippen molar-refractivity contribution in [3.63, 3.8) is 0 Å². The molecule has 0 aliphatic heterocycles. The number of nitrogens with zero attached hydrogens (tertiary/aromatic N) is 1. The van der Waals surface area contributed by atoms with E-state index in [4.69, 9.17) is 4.74 Å². The van der Waals surface area contributed by atoms with Gasteiger partial charge in [-0.3, -0.25) is 5.10 Å². The molecule has 4 nitrogen and oxygen atoms in total. The highest BCUT2D eigenvalue weighted by atomic mass is 79.9. The molecule has 1 aromatic heterocycles. The maximum atomic E-state index is 11.1. The van der Waals surface area contributed by atoms with Gasteiger partial charge < -0.3 is 4.74 Å². The topological polar surface area (TPSA) is 55.0 Å². The van der Waals surface area contributed by atoms with E-state index in [1.165, 1.54) is 0 Å². The van der Waals surface area contributed by atoms with Crippen LogP contribution in [0, 0.1) is 11.8 Å². The lowest BCUT2D eigenvalue weighted by Crippen LogP contribution is -1.99. The quantitative estimate of drug-likeness (QED) is 0.648. The van der Waals surface area contributed by atoms with Gasteiger partial charge in [-0.05, 0) is 31.0 Å². The average Bonchev–Trinajstić information content (AvgIpc) is 2.69. The fraction of sp³-hybridized carbons (Fsp3) is 0.167. The molecule has 0 atom stereocenters. The van der Waals surface area contributed by atoms with Crippen LogP contribution >= 0.6 is 15.9 Å². The summed E-state index contributed by atoms with van der Waals surface area (Å²) < 4.78 is 5.66. The summed E-state index contributed by atoms with van der Waals surface area (Å²) >= 11 is 3.36. The molecule has 0 saturated carbocycles. The van der Waals surface area contributed by atoms with Crippen LogP contribution in [0.4, 0.5) is 0 Å². The van der Waals surface area contributed by atoms with E-state index in [2.05, 4.69) is 38.0 Å². The Morgan fingerprint density at radius 3 is 3.18 bits per heavy atom. The number of hydrogen-bond acceptors (Lipinski definition) is 3. The van der Waals surface area contributed by atoms with Crippen LogP contribution in [0.25, 0.3) is 10.9 Å². The number of aromatic amines is 1. The first-order chi connectivity index (χ1) is 8.20. The second-order valence-electron chi connectivity index (χ2n) is 3.23. The number of carbonyl (C=O) groups excluding carboxylic acids is 1. The van der Waals surface area contributed by atoms with Crippen molar-refractivity contribution in [2.75, 3.05) is 6.61 Å². The molecule has 0 amide bonds. The van der Waals surface area contributed by atoms with Crippen molar-refractivity contribution >= 4 is 32.8 Å². The van der Waals surface area contributed by atoms with Crippen LogP contribution in [0.1, 0.15) is 12.6 Å². The van der Waals surface area contributed by atoms with Crippen LogP contribution in [0.2, 0.25) is 0 Å². The Kier molecular flexibility index (Phi) is 3.45. The van der Waals surface area contributed by atoms with Gasteiger partial charge in [-0.25, -0.2) is 4.79 Å². The van der Waals surface area contributed by atoms with Crippen LogP contribution in [0.3, 0.4) is 0 Å². The third-order valence-corrected chi connectivity index (χ3v) is 2.58. The minimum Gasteiger partial charge on any atom is -0.456 e. The van der Waals surface area contributed by atoms with Gasteiger partial charge in [0.2, 0.25) is 0 Å². The van der Waals surface area contributed by atoms with E-state index in [1.54, 1.807) is 6.92 Å². The lowest BCUT2D eigenvalue weighted by Gasteiger charge is -1.91. The van der Waals surface area contributed by atoms with Crippen molar-refractivity contribution in [1.82, 2.24) is 10.2 Å². The van der Waals surface area contributed by atoms with Gasteiger partial charge in [0.25, 0.3) is 0 Å². The molecule has 2 rings (SSSR count). The Labute approximate surface area is 106 Å². The van der Waals surface area contributed by atoms with Crippen LogP contribution in [-0.4, -0.2) is 22.8 Å². The number of H-pyrrole nitrogens is 1. The van der Waals surface area contributed by atoms with Crippen LogP contribution in [0.5, 0.6) is 0 Å². The van der Waals surface area contributed by atoms with Crippen LogP contribution in [-0.2, 0) is 9.53 Å². The number of hydrogen-bond donors (Lipinski definition) is 1. The molecule has 1 heterocycles. The van der Waals surface area contributed by atoms with Crippen molar-refractivity contribution in [3.8, 4) is 11.8 Å². The number of aromatic nitrogens is 2. The Morgan fingerprint density at radius 2 is 2.41 bits per heavy atom. The molecule has 0 bridgehead atoms. The summed E-state index contributed by atoms with van der Waals surface area (Å²) in [6.45, 7) is 2.06. The van der Waals surface area contributed by atoms with Crippen molar-refractivity contribution < 1.29 is 9.53 Å². The normalized spacial score (nSPS) is 9.76. The third kappa shape index (κ3) is 2.66. The maximum Gasteiger partial charge on any atom is 0.384 e. The molecule has 0 saturated heterocycles. The molecule has 0 aliphatic carbocycles. The summed E-state index contributed by atoms with van der Waals surface area (Å²) in [4.78, 5) is 11.1. The van der Waals surface area contributed by atoms with E-state index >= 15 is 0 Å². The third-order valence-electron chi connectivity index (χ3n) is 2.08. The molecule has 5 heteroatoms. The van der Waals surface area contributed by atoms with E-state index in [1.807, 2.05) is 18.2 Å². The Bertz CT molecular complexity index is 622. The minimum absolute atomic E-state index is 0.324. The van der Waals surface area contributed by atoms with Gasteiger partial charge in [0.15, 0.2) is 0 Å². The molecule has 17 heavy (non-hydrogen) atoms. The highest BCUT2D eigenvalue weighted by Crippen LogP contribution is 2.19. The zero-order valence-electron chi connectivity index (χ0n) is 9.08. The molecule has 0 fully saturated rings. The lowest BCUT2D eigenvalue weighted by molar-refractivity contribution is -0.136. The first kappa shape index (κ1) is 11.7. The Balaban J connectivity index is 2.34. The molecule has 2 aromatic rings. The average molecular weight is 293 g/mol. The molecular weight excluding hydrogens is 284 g/mol. The van der Waals surface area contributed by atoms with Crippen molar-refractivity contribution in [1.29, 1.82) is 0 Å². The molecule has 86 valence electrons. The summed E-state index contributed by atoms with van der Waals surface area (Å²) in [5, 5.41) is 7.76. The molecule has 0 radical (unpaired) electrons. The summed E-state index contributed by atoms with van der Waals surface area (Å²) in [5.41, 5.74) is 1.41. The highest BCUT2D eigenvalue weighted by molar-refractivity contribution is 9.10. The second kappa shape index (κ2) is 5.02. The van der Waals surface area contributed by atoms with Gasteiger partial charge in [0.1, 0.15) is 5.69 Å². The predicted octanol–water partition coefficient (Wildman–Crippen LogP) is 2.24. The fourth-order valence-corrected chi connectivity index (χ4v) is 1.71. The molecule has 1 aromatic carbocycles. The monoisotopic (exact) mass is 292 g/mol. The molecular formula is C12H9BrN2O2. The van der Waals surface area contributed by atoms with Gasteiger partial charge in [-0.15, -0.1) is 0 Å². The van der Waals surface area contributed by atoms with E-state index in [0.717, 1.165) is 15.4 Å². The molecule has 0 spiro atoms. The molecule has 0 aliphatic rings. The van der Waals surface area contributed by atoms with Gasteiger partial charge in [-0.2, -0.15) is 5.10 Å². The lowest BCUT2D eigenvalue weighted by atomic mass is 10.2. The summed E-state index contributed by atoms with van der Waals surface area (Å²) in [6, 6.07) is 5.66. The Morgan fingerprint density at radius 1 is 1.59 bits per heavy atom. The standard InChI is InChI=1S/C12H9BrN2O2/c1-2-17-12(16)6-5-10-9-4-3-8(13)7-11(9)15-14-10/h3-4,7H,2H2,1H3,(H,14,15). The van der Waals surface area contributed by atoms with E-state index < -0.39 is 5.97 Å². The number of rotatable bonds is 1. The Hall–Kier alpha value is -1.80. The van der Waals surface area contributed by atoms with Crippen molar-refractivity contribution in [3.05, 3.63) is 28.4 Å². The number of fused-ring (bicyclic) bond motifs is 1. The largest absolute Gasteiger partial charge is 0.456 e. The highest BCUT2D eigenvalue weighted by Gasteiger charge is 2.03. The predicted molar refractivity (Wildman–Crippen MR) is 67.3 cm³/mol. The van der Waals surface area contributed by atoms with E-state index in [9.17, 15) is 4.79 Å². The molecule has 0 unspecified atom stereocenters. The number of ether oxygens (including phenoxy) is 1. The summed E-state index contributed by atoms with van der Waals surface area (Å²) in [7, 11) is 0. The smallest absolute Gasteiger partial charge is 0.384 e. The maximum absolute atomic E-state index is 11.1. The van der Waals surface area contributed by atoms with E-state index in [0.29, 0.717) is 12.3 Å². The fourth-order valence-electron chi connectivity index (χ4n) is 1.36. The first-order valence-electron chi connectivity index (χ1n) is 5.03. The number of nitrogens with one attached hydrogen (secondary N) is 1. The molecule has 1 N–H and O–H groups in total. The number of carbonyl (C=O) groups is 1. The minimum atomic E-state index is -0.535. The van der Waals surface area contributed by atoms with Crippen molar-refractivity contribution in [2.24, 2.45) is 0 Å². The second-order valence-corrected chi connectivity index (χ2v) is 4.15. The zero-order valence-corrected chi connectivity index (χ0v) is 10.7. The summed E-state index contributed by atoms with van der Waals surface area (Å²) in [6.07, 6.45) is 0. The van der Waals surface area contributed by atoms with Gasteiger partial charge in [-0.1, -0.05) is 15.9 Å². The van der Waals surface area contributed by atoms with Gasteiger partial charge in [0.05, 0.1) is 12.1 Å². The number of benzene rings is 1.